The number of benzene rings is 2. The molecule has 0 atom stereocenters. The van der Waals surface area contributed by atoms with E-state index in [1.54, 1.807) is 18.2 Å². The predicted octanol–water partition coefficient (Wildman–Crippen LogP) is 3.90. The molecule has 0 heterocycles. The Kier molecular flexibility index (Phi) is 4.41. The molecule has 20 heavy (non-hydrogen) atoms. The van der Waals surface area contributed by atoms with Crippen molar-refractivity contribution in [3.8, 4) is 0 Å². The van der Waals surface area contributed by atoms with Gasteiger partial charge in [0.2, 0.25) is 0 Å². The minimum absolute atomic E-state index is 0.108. The van der Waals surface area contributed by atoms with Crippen LogP contribution >= 0.6 is 31.9 Å². The van der Waals surface area contributed by atoms with E-state index in [1.807, 2.05) is 19.1 Å². The predicted molar refractivity (Wildman–Crippen MR) is 88.2 cm³/mol. The van der Waals surface area contributed by atoms with Gasteiger partial charge in [0.05, 0.1) is 5.69 Å². The molecule has 0 amide bonds. The summed E-state index contributed by atoms with van der Waals surface area (Å²) in [5.74, 6) is 0. The maximum Gasteiger partial charge on any atom is 0.263 e. The fraction of sp³-hybridized carbons (Fsp3) is 0.0769. The van der Waals surface area contributed by atoms with E-state index in [9.17, 15) is 8.42 Å². The first-order chi connectivity index (χ1) is 9.29. The summed E-state index contributed by atoms with van der Waals surface area (Å²) < 4.78 is 28.7. The van der Waals surface area contributed by atoms with Gasteiger partial charge in [-0.05, 0) is 58.7 Å². The van der Waals surface area contributed by atoms with Crippen LogP contribution in [0, 0.1) is 6.92 Å². The fourth-order valence-electron chi connectivity index (χ4n) is 1.63. The summed E-state index contributed by atoms with van der Waals surface area (Å²) in [6.45, 7) is 1.83. The minimum Gasteiger partial charge on any atom is -0.399 e. The molecule has 3 N–H and O–H groups in total. The van der Waals surface area contributed by atoms with Gasteiger partial charge < -0.3 is 5.73 Å². The third kappa shape index (κ3) is 3.34. The molecule has 0 unspecified atom stereocenters. The van der Waals surface area contributed by atoms with Crippen molar-refractivity contribution >= 4 is 53.3 Å². The van der Waals surface area contributed by atoms with Crippen molar-refractivity contribution < 1.29 is 8.42 Å². The Hall–Kier alpha value is -1.05. The molecule has 0 aromatic heterocycles. The molecular weight excluding hydrogens is 408 g/mol. The highest BCUT2D eigenvalue weighted by atomic mass is 79.9. The molecule has 0 aliphatic rings. The molecule has 7 heteroatoms. The molecule has 2 aromatic carbocycles. The number of sulfonamides is 1. The van der Waals surface area contributed by atoms with Gasteiger partial charge in [-0.3, -0.25) is 4.72 Å². The van der Waals surface area contributed by atoms with Crippen molar-refractivity contribution in [1.29, 1.82) is 0 Å². The highest BCUT2D eigenvalue weighted by molar-refractivity contribution is 9.10. The van der Waals surface area contributed by atoms with E-state index in [0.29, 0.717) is 15.8 Å². The van der Waals surface area contributed by atoms with Gasteiger partial charge in [0.25, 0.3) is 10.0 Å². The van der Waals surface area contributed by atoms with Crippen LogP contribution in [0.3, 0.4) is 0 Å². The van der Waals surface area contributed by atoms with Crippen LogP contribution in [0.25, 0.3) is 0 Å². The number of aryl methyl sites for hydroxylation is 1. The third-order valence-electron chi connectivity index (χ3n) is 2.69. The SMILES string of the molecule is Cc1ccc(Br)cc1NS(=O)(=O)c1cc(N)ccc1Br. The molecule has 0 radical (unpaired) electrons. The smallest absolute Gasteiger partial charge is 0.263 e. The van der Waals surface area contributed by atoms with E-state index in [0.717, 1.165) is 10.0 Å². The first kappa shape index (κ1) is 15.3. The molecule has 0 fully saturated rings. The van der Waals surface area contributed by atoms with Crippen LogP contribution in [-0.2, 0) is 10.0 Å². The number of hydrogen-bond donors (Lipinski definition) is 2. The van der Waals surface area contributed by atoms with E-state index in [-0.39, 0.29) is 4.90 Å². The number of anilines is 2. The van der Waals surface area contributed by atoms with Crippen LogP contribution in [0.15, 0.2) is 50.2 Å². The summed E-state index contributed by atoms with van der Waals surface area (Å²) in [6, 6.07) is 10.1. The summed E-state index contributed by atoms with van der Waals surface area (Å²) in [5, 5.41) is 0. The Morgan fingerprint density at radius 3 is 2.50 bits per heavy atom. The maximum absolute atomic E-state index is 12.4. The van der Waals surface area contributed by atoms with Crippen molar-refractivity contribution in [1.82, 2.24) is 0 Å². The van der Waals surface area contributed by atoms with Crippen molar-refractivity contribution in [3.05, 3.63) is 50.9 Å². The van der Waals surface area contributed by atoms with E-state index >= 15 is 0 Å². The lowest BCUT2D eigenvalue weighted by Gasteiger charge is -2.12. The van der Waals surface area contributed by atoms with Crippen LogP contribution in [0.1, 0.15) is 5.56 Å². The molecule has 4 nitrogen and oxygen atoms in total. The highest BCUT2D eigenvalue weighted by Gasteiger charge is 2.19. The number of halogens is 2. The normalized spacial score (nSPS) is 11.3. The summed E-state index contributed by atoms with van der Waals surface area (Å²) in [6.07, 6.45) is 0. The molecule has 2 aromatic rings. The Balaban J connectivity index is 2.46. The average Bonchev–Trinajstić information content (AvgIpc) is 2.36. The molecule has 0 aliphatic carbocycles. The fourth-order valence-corrected chi connectivity index (χ4v) is 4.11. The molecule has 2 rings (SSSR count). The Bertz CT molecular complexity index is 761. The van der Waals surface area contributed by atoms with E-state index < -0.39 is 10.0 Å². The average molecular weight is 420 g/mol. The zero-order valence-corrected chi connectivity index (χ0v) is 14.5. The van der Waals surface area contributed by atoms with Crippen LogP contribution in [0.4, 0.5) is 11.4 Å². The van der Waals surface area contributed by atoms with Crippen molar-refractivity contribution in [2.75, 3.05) is 10.5 Å². The molecule has 106 valence electrons. The van der Waals surface area contributed by atoms with Gasteiger partial charge >= 0.3 is 0 Å². The third-order valence-corrected chi connectivity index (χ3v) is 5.54. The molecule has 0 spiro atoms. The minimum atomic E-state index is -3.70. The largest absolute Gasteiger partial charge is 0.399 e. The van der Waals surface area contributed by atoms with E-state index in [1.165, 1.54) is 6.07 Å². The number of hydrogen-bond acceptors (Lipinski definition) is 3. The summed E-state index contributed by atoms with van der Waals surface area (Å²) in [7, 11) is -3.70. The van der Waals surface area contributed by atoms with Crippen LogP contribution < -0.4 is 10.5 Å². The van der Waals surface area contributed by atoms with Gasteiger partial charge in [-0.25, -0.2) is 8.42 Å². The van der Waals surface area contributed by atoms with E-state index in [4.69, 9.17) is 5.73 Å². The molecule has 0 saturated carbocycles. The lowest BCUT2D eigenvalue weighted by atomic mass is 10.2. The number of rotatable bonds is 3. The highest BCUT2D eigenvalue weighted by Crippen LogP contribution is 2.28. The summed E-state index contributed by atoms with van der Waals surface area (Å²) in [5.41, 5.74) is 7.39. The zero-order valence-electron chi connectivity index (χ0n) is 10.5. The molecule has 0 bridgehead atoms. The lowest BCUT2D eigenvalue weighted by Crippen LogP contribution is -2.14. The lowest BCUT2D eigenvalue weighted by molar-refractivity contribution is 0.600. The second-order valence-electron chi connectivity index (χ2n) is 4.25. The number of nitrogen functional groups attached to an aromatic ring is 1. The summed E-state index contributed by atoms with van der Waals surface area (Å²) in [4.78, 5) is 0.108. The second kappa shape index (κ2) is 5.75. The van der Waals surface area contributed by atoms with Crippen molar-refractivity contribution in [2.24, 2.45) is 0 Å². The Morgan fingerprint density at radius 1 is 1.10 bits per heavy atom. The molecule has 0 aliphatic heterocycles. The van der Waals surface area contributed by atoms with Crippen molar-refractivity contribution in [3.63, 3.8) is 0 Å². The van der Waals surface area contributed by atoms with Gasteiger partial charge in [0.15, 0.2) is 0 Å². The first-order valence-electron chi connectivity index (χ1n) is 5.63. The second-order valence-corrected chi connectivity index (χ2v) is 7.68. The number of nitrogens with two attached hydrogens (primary N) is 1. The van der Waals surface area contributed by atoms with Crippen LogP contribution in [-0.4, -0.2) is 8.42 Å². The molecular formula is C13H12Br2N2O2S. The monoisotopic (exact) mass is 418 g/mol. The quantitative estimate of drug-likeness (QED) is 0.741. The Morgan fingerprint density at radius 2 is 1.80 bits per heavy atom. The first-order valence-corrected chi connectivity index (χ1v) is 8.70. The van der Waals surface area contributed by atoms with Gasteiger partial charge in [-0.2, -0.15) is 0 Å². The zero-order chi connectivity index (χ0) is 14.9. The van der Waals surface area contributed by atoms with Crippen molar-refractivity contribution in [2.45, 2.75) is 11.8 Å². The van der Waals surface area contributed by atoms with Gasteiger partial charge in [-0.1, -0.05) is 22.0 Å². The van der Waals surface area contributed by atoms with Gasteiger partial charge in [0.1, 0.15) is 4.90 Å². The van der Waals surface area contributed by atoms with Crippen LogP contribution in [0.5, 0.6) is 0 Å². The topological polar surface area (TPSA) is 72.2 Å². The summed E-state index contributed by atoms with van der Waals surface area (Å²) >= 11 is 6.55. The maximum atomic E-state index is 12.4. The van der Waals surface area contributed by atoms with Crippen LogP contribution in [0.2, 0.25) is 0 Å². The van der Waals surface area contributed by atoms with Gasteiger partial charge in [-0.15, -0.1) is 0 Å². The van der Waals surface area contributed by atoms with E-state index in [2.05, 4.69) is 36.6 Å². The number of nitrogens with one attached hydrogen (secondary N) is 1. The Labute approximate surface area is 134 Å². The van der Waals surface area contributed by atoms with Gasteiger partial charge in [0, 0.05) is 14.6 Å². The standard InChI is InChI=1S/C13H12Br2N2O2S/c1-8-2-3-9(14)6-12(8)17-20(18,19)13-7-10(16)4-5-11(13)15/h2-7,17H,16H2,1H3. The molecule has 0 saturated heterocycles.